The number of hydrogen-bond acceptors (Lipinski definition) is 4. The van der Waals surface area contributed by atoms with E-state index in [0.29, 0.717) is 6.67 Å². The van der Waals surface area contributed by atoms with Gasteiger partial charge in [-0.3, -0.25) is 0 Å². The number of nitrogens with zero attached hydrogens (tertiary/aromatic N) is 4. The van der Waals surface area contributed by atoms with Crippen molar-refractivity contribution < 1.29 is 0 Å². The molecule has 9 heavy (non-hydrogen) atoms. The van der Waals surface area contributed by atoms with E-state index >= 15 is 0 Å². The molecule has 0 saturated carbocycles. The van der Waals surface area contributed by atoms with Crippen LogP contribution in [0.2, 0.25) is 0 Å². The van der Waals surface area contributed by atoms with Crippen LogP contribution in [-0.4, -0.2) is 20.8 Å². The molecule has 0 aromatic carbocycles. The predicted octanol–water partition coefficient (Wildman–Crippen LogP) is 2.13. The molecule has 0 aliphatic rings. The molecule has 0 radical (unpaired) electrons. The molecule has 0 aliphatic carbocycles. The summed E-state index contributed by atoms with van der Waals surface area (Å²) in [6.45, 7) is 4.35. The molecule has 0 unspecified atom stereocenters. The summed E-state index contributed by atoms with van der Waals surface area (Å²) in [5.74, 6) is 0. The molecule has 0 aliphatic heterocycles. The van der Waals surface area contributed by atoms with E-state index in [4.69, 9.17) is 0 Å². The van der Waals surface area contributed by atoms with Gasteiger partial charge in [-0.1, -0.05) is 13.8 Å². The van der Waals surface area contributed by atoms with Gasteiger partial charge in [-0.05, 0) is 0 Å². The zero-order valence-electron chi connectivity index (χ0n) is 6.50. The summed E-state index contributed by atoms with van der Waals surface area (Å²) in [7, 11) is 3.20. The fourth-order valence-corrected chi connectivity index (χ4v) is 0.155. The average Bonchev–Trinajstić information content (AvgIpc) is 1.94. The molecule has 0 N–H and O–H groups in total. The molecule has 0 saturated heterocycles. The Labute approximate surface area is 56.1 Å². The molecule has 0 aromatic rings. The zero-order chi connectivity index (χ0) is 7.54. The maximum Gasteiger partial charge on any atom is 0.170 e. The van der Waals surface area contributed by atoms with Crippen LogP contribution in [0.5, 0.6) is 0 Å². The van der Waals surface area contributed by atoms with Crippen molar-refractivity contribution in [2.45, 2.75) is 13.8 Å². The molecule has 0 fully saturated rings. The minimum Gasteiger partial charge on any atom is -0.196 e. The maximum absolute atomic E-state index is 3.53. The lowest BCUT2D eigenvalue weighted by atomic mass is 11.0. The van der Waals surface area contributed by atoms with Crippen molar-refractivity contribution in [3.8, 4) is 0 Å². The first-order valence-corrected chi connectivity index (χ1v) is 2.93. The van der Waals surface area contributed by atoms with Crippen molar-refractivity contribution >= 4 is 0 Å². The molecular weight excluding hydrogens is 116 g/mol. The second-order valence-electron chi connectivity index (χ2n) is 0.824. The van der Waals surface area contributed by atoms with Crippen molar-refractivity contribution in [1.82, 2.24) is 0 Å². The van der Waals surface area contributed by atoms with E-state index in [-0.39, 0.29) is 0 Å². The lowest BCUT2D eigenvalue weighted by Gasteiger charge is -1.73. The van der Waals surface area contributed by atoms with E-state index in [9.17, 15) is 0 Å². The van der Waals surface area contributed by atoms with Gasteiger partial charge in [0, 0.05) is 14.1 Å². The highest BCUT2D eigenvalue weighted by Gasteiger charge is 1.63. The van der Waals surface area contributed by atoms with Crippen molar-refractivity contribution in [2.75, 3.05) is 20.8 Å². The Balaban J connectivity index is 0. The van der Waals surface area contributed by atoms with Gasteiger partial charge in [-0.25, -0.2) is 0 Å². The van der Waals surface area contributed by atoms with Gasteiger partial charge in [-0.15, -0.1) is 0 Å². The Morgan fingerprint density at radius 1 is 0.889 bits per heavy atom. The molecule has 0 rings (SSSR count). The third kappa shape index (κ3) is 19.0. The minimum atomic E-state index is 0.354. The van der Waals surface area contributed by atoms with Crippen LogP contribution in [-0.2, 0) is 0 Å². The monoisotopic (exact) mass is 130 g/mol. The SMILES string of the molecule is CC.CN=NCN=NC. The Hall–Kier alpha value is -0.800. The van der Waals surface area contributed by atoms with Crippen LogP contribution >= 0.6 is 0 Å². The van der Waals surface area contributed by atoms with Crippen LogP contribution in [0.3, 0.4) is 0 Å². The van der Waals surface area contributed by atoms with Crippen molar-refractivity contribution in [2.24, 2.45) is 20.5 Å². The van der Waals surface area contributed by atoms with Crippen LogP contribution in [0.4, 0.5) is 0 Å². The molecule has 0 heterocycles. The van der Waals surface area contributed by atoms with Gasteiger partial charge in [-0.2, -0.15) is 20.5 Å². The van der Waals surface area contributed by atoms with Crippen LogP contribution in [0.25, 0.3) is 0 Å². The summed E-state index contributed by atoms with van der Waals surface area (Å²) in [4.78, 5) is 0. The van der Waals surface area contributed by atoms with Crippen LogP contribution < -0.4 is 0 Å². The number of azo groups is 2. The summed E-state index contributed by atoms with van der Waals surface area (Å²) >= 11 is 0. The summed E-state index contributed by atoms with van der Waals surface area (Å²) in [5.41, 5.74) is 0. The largest absolute Gasteiger partial charge is 0.196 e. The Kier molecular flexibility index (Phi) is 19.3. The highest BCUT2D eigenvalue weighted by atomic mass is 15.2. The van der Waals surface area contributed by atoms with E-state index in [1.165, 1.54) is 0 Å². The fraction of sp³-hybridized carbons (Fsp3) is 1.00. The normalized spacial score (nSPS) is 9.78. The third-order valence-electron chi connectivity index (χ3n) is 0.409. The van der Waals surface area contributed by atoms with E-state index in [1.54, 1.807) is 14.1 Å². The maximum atomic E-state index is 3.53. The lowest BCUT2D eigenvalue weighted by Crippen LogP contribution is -1.64. The fourth-order valence-electron chi connectivity index (χ4n) is 0.155. The standard InChI is InChI=1S/C3H8N4.C2H6/c1-4-6-3-7-5-2;1-2/h3H2,1-2H3;1-2H3. The van der Waals surface area contributed by atoms with E-state index in [0.717, 1.165) is 0 Å². The predicted molar refractivity (Wildman–Crippen MR) is 37.8 cm³/mol. The molecule has 0 aromatic heterocycles. The summed E-state index contributed by atoms with van der Waals surface area (Å²) < 4.78 is 0. The van der Waals surface area contributed by atoms with Gasteiger partial charge in [0.05, 0.1) is 0 Å². The Morgan fingerprint density at radius 2 is 1.22 bits per heavy atom. The second-order valence-corrected chi connectivity index (χ2v) is 0.824. The zero-order valence-corrected chi connectivity index (χ0v) is 6.50. The molecular formula is C5H14N4. The molecule has 0 bridgehead atoms. The summed E-state index contributed by atoms with van der Waals surface area (Å²) in [6.07, 6.45) is 0. The molecule has 4 heteroatoms. The van der Waals surface area contributed by atoms with Gasteiger partial charge >= 0.3 is 0 Å². The number of rotatable bonds is 2. The highest BCUT2D eigenvalue weighted by Crippen LogP contribution is 1.72. The Bertz CT molecular complexity index is 67.0. The van der Waals surface area contributed by atoms with E-state index in [1.807, 2.05) is 13.8 Å². The first kappa shape index (κ1) is 11.1. The average molecular weight is 130 g/mol. The number of hydrogen-bond donors (Lipinski definition) is 0. The van der Waals surface area contributed by atoms with Crippen molar-refractivity contribution in [3.05, 3.63) is 0 Å². The third-order valence-corrected chi connectivity index (χ3v) is 0.409. The summed E-state index contributed by atoms with van der Waals surface area (Å²) in [6, 6.07) is 0. The Morgan fingerprint density at radius 3 is 1.44 bits per heavy atom. The second kappa shape index (κ2) is 15.7. The van der Waals surface area contributed by atoms with Crippen LogP contribution in [0.1, 0.15) is 13.8 Å². The lowest BCUT2D eigenvalue weighted by molar-refractivity contribution is 0.875. The summed E-state index contributed by atoms with van der Waals surface area (Å²) in [5, 5.41) is 13.9. The van der Waals surface area contributed by atoms with Crippen LogP contribution in [0.15, 0.2) is 20.5 Å². The molecule has 0 amide bonds. The van der Waals surface area contributed by atoms with E-state index in [2.05, 4.69) is 20.5 Å². The quantitative estimate of drug-likeness (QED) is 0.514. The molecule has 4 nitrogen and oxygen atoms in total. The van der Waals surface area contributed by atoms with Crippen LogP contribution in [0, 0.1) is 0 Å². The van der Waals surface area contributed by atoms with Gasteiger partial charge in [0.25, 0.3) is 0 Å². The van der Waals surface area contributed by atoms with Gasteiger partial charge in [0.15, 0.2) is 6.67 Å². The first-order valence-electron chi connectivity index (χ1n) is 2.93. The van der Waals surface area contributed by atoms with Crippen molar-refractivity contribution in [1.29, 1.82) is 0 Å². The molecule has 0 spiro atoms. The van der Waals surface area contributed by atoms with Gasteiger partial charge in [0.1, 0.15) is 0 Å². The smallest absolute Gasteiger partial charge is 0.170 e. The minimum absolute atomic E-state index is 0.354. The topological polar surface area (TPSA) is 49.4 Å². The van der Waals surface area contributed by atoms with Gasteiger partial charge < -0.3 is 0 Å². The molecule has 54 valence electrons. The highest BCUT2D eigenvalue weighted by molar-refractivity contribution is 4.23. The molecule has 0 atom stereocenters. The van der Waals surface area contributed by atoms with Crippen molar-refractivity contribution in [3.63, 3.8) is 0 Å². The first-order chi connectivity index (χ1) is 4.41. The van der Waals surface area contributed by atoms with E-state index < -0.39 is 0 Å². The van der Waals surface area contributed by atoms with Gasteiger partial charge in [0.2, 0.25) is 0 Å².